The standard InChI is InChI=1S/C18H19ClN2O3/c1-12(2)10-17(13-6-4-3-5-7-13)20-18(22)15-11-14(21(23)24)8-9-16(15)19/h3-9,11-12,17H,10H2,1-2H3,(H,20,22)/t17-/m0/s1. The van der Waals surface area contributed by atoms with Gasteiger partial charge in [-0.2, -0.15) is 0 Å². The molecule has 0 saturated heterocycles. The van der Waals surface area contributed by atoms with E-state index < -0.39 is 10.8 Å². The van der Waals surface area contributed by atoms with Gasteiger partial charge in [-0.3, -0.25) is 14.9 Å². The van der Waals surface area contributed by atoms with Gasteiger partial charge in [0.05, 0.1) is 21.6 Å². The van der Waals surface area contributed by atoms with Crippen molar-refractivity contribution < 1.29 is 9.72 Å². The fraction of sp³-hybridized carbons (Fsp3) is 0.278. The van der Waals surface area contributed by atoms with Gasteiger partial charge < -0.3 is 5.32 Å². The zero-order valence-corrected chi connectivity index (χ0v) is 14.3. The molecule has 1 atom stereocenters. The summed E-state index contributed by atoms with van der Waals surface area (Å²) in [5.41, 5.74) is 0.932. The second-order valence-electron chi connectivity index (χ2n) is 5.99. The van der Waals surface area contributed by atoms with E-state index in [1.807, 2.05) is 30.3 Å². The Kier molecular flexibility index (Phi) is 5.93. The molecule has 2 aromatic carbocycles. The number of benzene rings is 2. The number of nitrogens with one attached hydrogen (secondary N) is 1. The van der Waals surface area contributed by atoms with Crippen molar-refractivity contribution in [1.29, 1.82) is 0 Å². The van der Waals surface area contributed by atoms with Gasteiger partial charge in [-0.05, 0) is 24.0 Å². The van der Waals surface area contributed by atoms with Gasteiger partial charge in [0.2, 0.25) is 0 Å². The maximum atomic E-state index is 12.6. The molecule has 5 nitrogen and oxygen atoms in total. The number of amides is 1. The first-order valence-corrected chi connectivity index (χ1v) is 8.06. The molecule has 0 heterocycles. The fourth-order valence-electron chi connectivity index (χ4n) is 2.47. The summed E-state index contributed by atoms with van der Waals surface area (Å²) in [5.74, 6) is -0.0470. The summed E-state index contributed by atoms with van der Waals surface area (Å²) in [7, 11) is 0. The topological polar surface area (TPSA) is 72.2 Å². The SMILES string of the molecule is CC(C)C[C@H](NC(=O)c1cc([N+](=O)[O-])ccc1Cl)c1ccccc1. The molecule has 0 aromatic heterocycles. The Morgan fingerprint density at radius 1 is 1.21 bits per heavy atom. The number of nitrogens with zero attached hydrogens (tertiary/aromatic N) is 1. The summed E-state index contributed by atoms with van der Waals surface area (Å²) in [4.78, 5) is 22.9. The third-order valence-corrected chi connectivity index (χ3v) is 3.95. The van der Waals surface area contributed by atoms with E-state index >= 15 is 0 Å². The van der Waals surface area contributed by atoms with Crippen LogP contribution in [0.15, 0.2) is 48.5 Å². The molecule has 0 bridgehead atoms. The van der Waals surface area contributed by atoms with E-state index in [0.29, 0.717) is 5.92 Å². The molecular weight excluding hydrogens is 328 g/mol. The lowest BCUT2D eigenvalue weighted by molar-refractivity contribution is -0.384. The van der Waals surface area contributed by atoms with Crippen LogP contribution >= 0.6 is 11.6 Å². The predicted molar refractivity (Wildman–Crippen MR) is 94.2 cm³/mol. The summed E-state index contributed by atoms with van der Waals surface area (Å²) >= 11 is 6.05. The smallest absolute Gasteiger partial charge is 0.270 e. The van der Waals surface area contributed by atoms with Crippen LogP contribution in [0, 0.1) is 16.0 Å². The molecule has 24 heavy (non-hydrogen) atoms. The summed E-state index contributed by atoms with van der Waals surface area (Å²) in [5, 5.41) is 14.0. The molecule has 0 radical (unpaired) electrons. The van der Waals surface area contributed by atoms with Crippen molar-refractivity contribution in [3.63, 3.8) is 0 Å². The lowest BCUT2D eigenvalue weighted by atomic mass is 9.96. The molecule has 0 aliphatic rings. The number of hydrogen-bond acceptors (Lipinski definition) is 3. The normalized spacial score (nSPS) is 12.0. The number of nitro groups is 1. The predicted octanol–water partition coefficient (Wildman–Crippen LogP) is 4.77. The van der Waals surface area contributed by atoms with Crippen LogP contribution in [0.5, 0.6) is 0 Å². The van der Waals surface area contributed by atoms with E-state index in [1.54, 1.807) is 0 Å². The van der Waals surface area contributed by atoms with Crippen molar-refractivity contribution >= 4 is 23.2 Å². The highest BCUT2D eigenvalue weighted by atomic mass is 35.5. The molecule has 0 aliphatic carbocycles. The van der Waals surface area contributed by atoms with E-state index in [9.17, 15) is 14.9 Å². The molecule has 126 valence electrons. The molecule has 0 spiro atoms. The van der Waals surface area contributed by atoms with Crippen LogP contribution < -0.4 is 5.32 Å². The van der Waals surface area contributed by atoms with Gasteiger partial charge in [0.25, 0.3) is 11.6 Å². The van der Waals surface area contributed by atoms with Crippen molar-refractivity contribution in [2.75, 3.05) is 0 Å². The maximum Gasteiger partial charge on any atom is 0.270 e. The highest BCUT2D eigenvalue weighted by Crippen LogP contribution is 2.25. The van der Waals surface area contributed by atoms with Gasteiger partial charge >= 0.3 is 0 Å². The van der Waals surface area contributed by atoms with E-state index in [1.165, 1.54) is 18.2 Å². The first-order chi connectivity index (χ1) is 11.4. The number of halogens is 1. The Labute approximate surface area is 145 Å². The van der Waals surface area contributed by atoms with Crippen molar-refractivity contribution in [2.45, 2.75) is 26.3 Å². The number of non-ortho nitro benzene ring substituents is 1. The molecule has 2 aromatic rings. The number of carbonyl (C=O) groups is 1. The summed E-state index contributed by atoms with van der Waals surface area (Å²) in [6.45, 7) is 4.14. The molecule has 0 unspecified atom stereocenters. The second-order valence-corrected chi connectivity index (χ2v) is 6.39. The minimum Gasteiger partial charge on any atom is -0.345 e. The number of nitro benzene ring substituents is 1. The first kappa shape index (κ1) is 17.9. The molecule has 1 N–H and O–H groups in total. The van der Waals surface area contributed by atoms with Crippen LogP contribution in [0.25, 0.3) is 0 Å². The molecule has 2 rings (SSSR count). The molecule has 0 aliphatic heterocycles. The third-order valence-electron chi connectivity index (χ3n) is 3.62. The number of carbonyl (C=O) groups excluding carboxylic acids is 1. The van der Waals surface area contributed by atoms with E-state index in [0.717, 1.165) is 12.0 Å². The number of hydrogen-bond donors (Lipinski definition) is 1. The monoisotopic (exact) mass is 346 g/mol. The Morgan fingerprint density at radius 2 is 1.88 bits per heavy atom. The average Bonchev–Trinajstić information content (AvgIpc) is 2.54. The van der Waals surface area contributed by atoms with Crippen molar-refractivity contribution in [1.82, 2.24) is 5.32 Å². The quantitative estimate of drug-likeness (QED) is 0.605. The van der Waals surface area contributed by atoms with Crippen molar-refractivity contribution in [2.24, 2.45) is 5.92 Å². The Morgan fingerprint density at radius 3 is 2.46 bits per heavy atom. The van der Waals surface area contributed by atoms with E-state index in [-0.39, 0.29) is 22.3 Å². The van der Waals surface area contributed by atoms with E-state index in [4.69, 9.17) is 11.6 Å². The van der Waals surface area contributed by atoms with Gasteiger partial charge in [0.1, 0.15) is 0 Å². The first-order valence-electron chi connectivity index (χ1n) is 7.68. The summed E-state index contributed by atoms with van der Waals surface area (Å²) < 4.78 is 0. The minimum atomic E-state index is -0.546. The zero-order valence-electron chi connectivity index (χ0n) is 13.5. The molecule has 6 heteroatoms. The lowest BCUT2D eigenvalue weighted by Gasteiger charge is -2.21. The van der Waals surface area contributed by atoms with Gasteiger partial charge in [0, 0.05) is 12.1 Å². The van der Waals surface area contributed by atoms with E-state index in [2.05, 4.69) is 19.2 Å². The Balaban J connectivity index is 2.28. The van der Waals surface area contributed by atoms with Gasteiger partial charge in [-0.1, -0.05) is 55.8 Å². The van der Waals surface area contributed by atoms with Gasteiger partial charge in [0.15, 0.2) is 0 Å². The molecule has 0 fully saturated rings. The molecule has 0 saturated carbocycles. The largest absolute Gasteiger partial charge is 0.345 e. The van der Waals surface area contributed by atoms with Crippen LogP contribution in [0.2, 0.25) is 5.02 Å². The van der Waals surface area contributed by atoms with Crippen LogP contribution in [0.4, 0.5) is 5.69 Å². The number of rotatable bonds is 6. The highest BCUT2D eigenvalue weighted by Gasteiger charge is 2.20. The average molecular weight is 347 g/mol. The van der Waals surface area contributed by atoms with Gasteiger partial charge in [-0.15, -0.1) is 0 Å². The summed E-state index contributed by atoms with van der Waals surface area (Å²) in [6.07, 6.45) is 0.752. The van der Waals surface area contributed by atoms with Gasteiger partial charge in [-0.25, -0.2) is 0 Å². The minimum absolute atomic E-state index is 0.107. The molecule has 1 amide bonds. The van der Waals surface area contributed by atoms with Crippen molar-refractivity contribution in [3.8, 4) is 0 Å². The summed E-state index contributed by atoms with van der Waals surface area (Å²) in [6, 6.07) is 13.3. The molecular formula is C18H19ClN2O3. The second kappa shape index (κ2) is 7.93. The third kappa shape index (κ3) is 4.55. The lowest BCUT2D eigenvalue weighted by Crippen LogP contribution is -2.29. The fourth-order valence-corrected chi connectivity index (χ4v) is 2.68. The van der Waals surface area contributed by atoms with Crippen molar-refractivity contribution in [3.05, 3.63) is 74.8 Å². The highest BCUT2D eigenvalue weighted by molar-refractivity contribution is 6.33. The van der Waals surface area contributed by atoms with Crippen LogP contribution in [0.1, 0.15) is 42.2 Å². The van der Waals surface area contributed by atoms with Crippen LogP contribution in [-0.2, 0) is 0 Å². The van der Waals surface area contributed by atoms with Crippen LogP contribution in [-0.4, -0.2) is 10.8 Å². The zero-order chi connectivity index (χ0) is 17.7. The maximum absolute atomic E-state index is 12.6. The Hall–Kier alpha value is -2.40. The Bertz CT molecular complexity index is 732. The van der Waals surface area contributed by atoms with Crippen LogP contribution in [0.3, 0.4) is 0 Å².